The van der Waals surface area contributed by atoms with Crippen molar-refractivity contribution in [2.75, 3.05) is 13.2 Å². The lowest BCUT2D eigenvalue weighted by atomic mass is 9.95. The van der Waals surface area contributed by atoms with Crippen molar-refractivity contribution in [2.45, 2.75) is 32.5 Å². The van der Waals surface area contributed by atoms with Gasteiger partial charge < -0.3 is 24.0 Å². The molecule has 1 amide bonds. The van der Waals surface area contributed by atoms with Gasteiger partial charge in [-0.1, -0.05) is 42.5 Å². The van der Waals surface area contributed by atoms with Gasteiger partial charge in [-0.3, -0.25) is 9.59 Å². The number of hydrogen-bond acceptors (Lipinski definition) is 6. The number of aromatic nitrogens is 2. The summed E-state index contributed by atoms with van der Waals surface area (Å²) in [5.41, 5.74) is 2.19. The monoisotopic (exact) mass is 537 g/mol. The molecule has 5 rings (SSSR count). The number of imidazole rings is 1. The number of ether oxygens (including phenoxy) is 2. The molecule has 40 heavy (non-hydrogen) atoms. The van der Waals surface area contributed by atoms with Crippen molar-refractivity contribution in [3.05, 3.63) is 120 Å². The number of aryl methyl sites for hydroxylation is 1. The average molecular weight is 538 g/mol. The van der Waals surface area contributed by atoms with Gasteiger partial charge >= 0.3 is 0 Å². The molecule has 1 fully saturated rings. The van der Waals surface area contributed by atoms with E-state index in [1.165, 1.54) is 4.90 Å². The second kappa shape index (κ2) is 12.3. The molecule has 1 unspecified atom stereocenters. The number of nitrogens with zero attached hydrogens (tertiary/aromatic N) is 3. The number of aliphatic hydroxyl groups excluding tert-OH is 1. The lowest BCUT2D eigenvalue weighted by Gasteiger charge is -2.26. The second-order valence-electron chi connectivity index (χ2n) is 9.45. The molecule has 1 aliphatic rings. The molecule has 1 aliphatic heterocycles. The van der Waals surface area contributed by atoms with E-state index in [0.717, 1.165) is 5.56 Å². The number of carbonyl (C=O) groups excluding carboxylic acids is 2. The molecule has 0 bridgehead atoms. The van der Waals surface area contributed by atoms with Gasteiger partial charge in [0.15, 0.2) is 0 Å². The number of rotatable bonds is 11. The van der Waals surface area contributed by atoms with Gasteiger partial charge in [0.1, 0.15) is 23.9 Å². The maximum Gasteiger partial charge on any atom is 0.295 e. The fourth-order valence-corrected chi connectivity index (χ4v) is 4.85. The standard InChI is InChI=1S/C32H31N3O5/c1-2-39-26-14-12-24(13-15-26)30(36)28-29(35(32(38)31(28)37)18-7-17-34-19-16-33-22-34)25-10-6-11-27(20-25)40-21-23-8-4-3-5-9-23/h3-6,8-16,19-20,22,29,36H,2,7,17-18,21H2,1H3/b30-28+. The van der Waals surface area contributed by atoms with Crippen LogP contribution in [0.1, 0.15) is 36.1 Å². The Kier molecular flexibility index (Phi) is 8.25. The highest BCUT2D eigenvalue weighted by Crippen LogP contribution is 2.40. The van der Waals surface area contributed by atoms with Gasteiger partial charge in [0, 0.05) is 31.0 Å². The third-order valence-corrected chi connectivity index (χ3v) is 6.78. The van der Waals surface area contributed by atoms with Gasteiger partial charge in [0.2, 0.25) is 0 Å². The van der Waals surface area contributed by atoms with Crippen molar-refractivity contribution in [1.82, 2.24) is 14.5 Å². The molecular weight excluding hydrogens is 506 g/mol. The normalized spacial score (nSPS) is 16.3. The first-order valence-electron chi connectivity index (χ1n) is 13.3. The molecule has 8 heteroatoms. The summed E-state index contributed by atoms with van der Waals surface area (Å²) >= 11 is 0. The Bertz CT molecular complexity index is 1480. The van der Waals surface area contributed by atoms with Crippen LogP contribution in [0.15, 0.2) is 103 Å². The van der Waals surface area contributed by atoms with Crippen molar-refractivity contribution in [1.29, 1.82) is 0 Å². The Labute approximate surface area is 233 Å². The maximum absolute atomic E-state index is 13.4. The van der Waals surface area contributed by atoms with Crippen LogP contribution in [-0.2, 0) is 22.7 Å². The molecule has 0 saturated carbocycles. The van der Waals surface area contributed by atoms with Crippen LogP contribution in [0.5, 0.6) is 11.5 Å². The van der Waals surface area contributed by atoms with Gasteiger partial charge in [-0.15, -0.1) is 0 Å². The quantitative estimate of drug-likeness (QED) is 0.157. The summed E-state index contributed by atoms with van der Waals surface area (Å²) in [4.78, 5) is 32.3. The molecule has 8 nitrogen and oxygen atoms in total. The molecular formula is C32H31N3O5. The Morgan fingerprint density at radius 3 is 2.45 bits per heavy atom. The molecule has 0 radical (unpaired) electrons. The van der Waals surface area contributed by atoms with Crippen LogP contribution >= 0.6 is 0 Å². The fourth-order valence-electron chi connectivity index (χ4n) is 4.85. The van der Waals surface area contributed by atoms with Crippen molar-refractivity contribution in [2.24, 2.45) is 0 Å². The van der Waals surface area contributed by atoms with Crippen molar-refractivity contribution < 1.29 is 24.2 Å². The Morgan fingerprint density at radius 2 is 1.73 bits per heavy atom. The highest BCUT2D eigenvalue weighted by atomic mass is 16.5. The van der Waals surface area contributed by atoms with E-state index in [1.807, 2.05) is 72.3 Å². The number of amides is 1. The Morgan fingerprint density at radius 1 is 0.925 bits per heavy atom. The number of Topliss-reactive ketones (excluding diaryl/α,β-unsaturated/α-hetero) is 1. The van der Waals surface area contributed by atoms with E-state index in [2.05, 4.69) is 4.98 Å². The molecule has 0 aliphatic carbocycles. The van der Waals surface area contributed by atoms with E-state index < -0.39 is 17.7 Å². The summed E-state index contributed by atoms with van der Waals surface area (Å²) in [5, 5.41) is 11.4. The molecule has 0 spiro atoms. The van der Waals surface area contributed by atoms with Crippen LogP contribution in [0.4, 0.5) is 0 Å². The smallest absolute Gasteiger partial charge is 0.295 e. The number of hydrogen-bond donors (Lipinski definition) is 1. The predicted octanol–water partition coefficient (Wildman–Crippen LogP) is 5.37. The highest BCUT2D eigenvalue weighted by molar-refractivity contribution is 6.46. The van der Waals surface area contributed by atoms with Gasteiger partial charge in [-0.2, -0.15) is 0 Å². The van der Waals surface area contributed by atoms with Crippen LogP contribution in [0.2, 0.25) is 0 Å². The van der Waals surface area contributed by atoms with Crippen LogP contribution in [0.3, 0.4) is 0 Å². The molecule has 204 valence electrons. The molecule has 3 aromatic carbocycles. The van der Waals surface area contributed by atoms with E-state index in [0.29, 0.717) is 55.4 Å². The molecule has 2 heterocycles. The summed E-state index contributed by atoms with van der Waals surface area (Å²) in [7, 11) is 0. The summed E-state index contributed by atoms with van der Waals surface area (Å²) < 4.78 is 13.5. The summed E-state index contributed by atoms with van der Waals surface area (Å²) in [6.07, 6.45) is 5.87. The van der Waals surface area contributed by atoms with Crippen molar-refractivity contribution in [3.8, 4) is 11.5 Å². The van der Waals surface area contributed by atoms with Gasteiger partial charge in [-0.25, -0.2) is 4.98 Å². The Hall–Kier alpha value is -4.85. The van der Waals surface area contributed by atoms with Gasteiger partial charge in [-0.05, 0) is 60.9 Å². The van der Waals surface area contributed by atoms with E-state index >= 15 is 0 Å². The van der Waals surface area contributed by atoms with Crippen LogP contribution in [0, 0.1) is 0 Å². The van der Waals surface area contributed by atoms with Crippen molar-refractivity contribution >= 4 is 17.4 Å². The SMILES string of the molecule is CCOc1ccc(/C(O)=C2\C(=O)C(=O)N(CCCn3ccnc3)C2c2cccc(OCc3ccccc3)c2)cc1. The van der Waals surface area contributed by atoms with E-state index in [9.17, 15) is 14.7 Å². The number of likely N-dealkylation sites (tertiary alicyclic amines) is 1. The zero-order valence-electron chi connectivity index (χ0n) is 22.3. The number of aliphatic hydroxyl groups is 1. The molecule has 4 aromatic rings. The average Bonchev–Trinajstić information content (AvgIpc) is 3.59. The minimum Gasteiger partial charge on any atom is -0.507 e. The minimum atomic E-state index is -0.769. The summed E-state index contributed by atoms with van der Waals surface area (Å²) in [6.45, 7) is 3.73. The first-order chi connectivity index (χ1) is 19.5. The zero-order valence-corrected chi connectivity index (χ0v) is 22.3. The second-order valence-corrected chi connectivity index (χ2v) is 9.45. The molecule has 1 aromatic heterocycles. The van der Waals surface area contributed by atoms with Crippen molar-refractivity contribution in [3.63, 3.8) is 0 Å². The topological polar surface area (TPSA) is 93.9 Å². The van der Waals surface area contributed by atoms with Gasteiger partial charge in [0.05, 0.1) is 24.5 Å². The zero-order chi connectivity index (χ0) is 27.9. The number of ketones is 1. The largest absolute Gasteiger partial charge is 0.507 e. The first-order valence-corrected chi connectivity index (χ1v) is 13.3. The van der Waals surface area contributed by atoms with E-state index in [-0.39, 0.29) is 11.3 Å². The number of benzene rings is 3. The third kappa shape index (κ3) is 5.91. The summed E-state index contributed by atoms with van der Waals surface area (Å²) in [6, 6.07) is 23.2. The molecule has 1 atom stereocenters. The minimum absolute atomic E-state index is 0.0528. The van der Waals surface area contributed by atoms with Crippen LogP contribution < -0.4 is 9.47 Å². The fraction of sp³-hybridized carbons (Fsp3) is 0.219. The first kappa shape index (κ1) is 26.7. The summed E-state index contributed by atoms with van der Waals surface area (Å²) in [5.74, 6) is -0.322. The lowest BCUT2D eigenvalue weighted by molar-refractivity contribution is -0.139. The highest BCUT2D eigenvalue weighted by Gasteiger charge is 2.45. The van der Waals surface area contributed by atoms with E-state index in [1.54, 1.807) is 36.8 Å². The van der Waals surface area contributed by atoms with Crippen LogP contribution in [0.25, 0.3) is 5.76 Å². The Balaban J connectivity index is 1.48. The van der Waals surface area contributed by atoms with E-state index in [4.69, 9.17) is 9.47 Å². The molecule has 1 saturated heterocycles. The lowest BCUT2D eigenvalue weighted by Crippen LogP contribution is -2.31. The maximum atomic E-state index is 13.4. The number of carbonyl (C=O) groups is 2. The molecule has 1 N–H and O–H groups in total. The third-order valence-electron chi connectivity index (χ3n) is 6.78. The van der Waals surface area contributed by atoms with Gasteiger partial charge in [0.25, 0.3) is 11.7 Å². The van der Waals surface area contributed by atoms with Crippen LogP contribution in [-0.4, -0.2) is 44.4 Å². The predicted molar refractivity (Wildman–Crippen MR) is 151 cm³/mol.